The maximum Gasteiger partial charge on any atom is 0.259 e. The monoisotopic (exact) mass is 527 g/mol. The van der Waals surface area contributed by atoms with Crippen LogP contribution in [0.25, 0.3) is 28.5 Å². The number of pyridine rings is 1. The fourth-order valence-corrected chi connectivity index (χ4v) is 4.87. The number of aryl methyl sites for hydroxylation is 1. The molecule has 4 aromatic rings. The summed E-state index contributed by atoms with van der Waals surface area (Å²) in [7, 11) is 1.63. The second kappa shape index (κ2) is 10.9. The molecule has 0 fully saturated rings. The molecule has 0 bridgehead atoms. The van der Waals surface area contributed by atoms with Gasteiger partial charge in [-0.05, 0) is 66.6 Å². The molecular formula is C30H33N5O4. The van der Waals surface area contributed by atoms with Gasteiger partial charge < -0.3 is 19.8 Å². The van der Waals surface area contributed by atoms with Crippen LogP contribution in [0.15, 0.2) is 59.4 Å². The van der Waals surface area contributed by atoms with Crippen molar-refractivity contribution in [3.8, 4) is 34.2 Å². The number of nitrogens with zero attached hydrogens (tertiary/aromatic N) is 3. The molecule has 0 aliphatic heterocycles. The molecule has 2 aromatic carbocycles. The Morgan fingerprint density at radius 2 is 1.95 bits per heavy atom. The van der Waals surface area contributed by atoms with E-state index < -0.39 is 0 Å². The van der Waals surface area contributed by atoms with E-state index in [1.54, 1.807) is 17.9 Å². The molecule has 0 radical (unpaired) electrons. The number of hydrogen-bond donors (Lipinski definition) is 2. The normalized spacial score (nSPS) is 14.1. The van der Waals surface area contributed by atoms with E-state index in [0.717, 1.165) is 36.1 Å². The number of aromatic nitrogens is 4. The van der Waals surface area contributed by atoms with Crippen LogP contribution in [0.3, 0.4) is 0 Å². The van der Waals surface area contributed by atoms with Gasteiger partial charge in [0, 0.05) is 31.0 Å². The SMILES string of the molecule is COCCOc1cccc(-c2nc(-c3cc4c([nH]c3=O)CC(C)(C)CC4)n(-c3cccc(NC(C)=O)c3)n2)c1. The van der Waals surface area contributed by atoms with Crippen LogP contribution < -0.4 is 15.6 Å². The molecular weight excluding hydrogens is 494 g/mol. The van der Waals surface area contributed by atoms with Gasteiger partial charge in [-0.3, -0.25) is 9.59 Å². The standard InChI is InChI=1S/C30H33N5O4/c1-19(36)31-22-8-6-9-23(17-22)35-28(25-16-20-11-12-30(2,3)18-26(20)32-29(25)37)33-27(34-35)21-7-5-10-24(15-21)39-14-13-38-4/h5-10,15-17H,11-14,18H2,1-4H3,(H,31,36)(H,32,37). The summed E-state index contributed by atoms with van der Waals surface area (Å²) in [6.45, 7) is 6.80. The third-order valence-corrected chi connectivity index (χ3v) is 6.85. The van der Waals surface area contributed by atoms with Gasteiger partial charge in [0.25, 0.3) is 5.56 Å². The van der Waals surface area contributed by atoms with Gasteiger partial charge in [-0.2, -0.15) is 0 Å². The van der Waals surface area contributed by atoms with Crippen molar-refractivity contribution in [2.24, 2.45) is 5.41 Å². The minimum absolute atomic E-state index is 0.144. The minimum Gasteiger partial charge on any atom is -0.491 e. The van der Waals surface area contributed by atoms with Crippen molar-refractivity contribution in [3.05, 3.63) is 76.2 Å². The molecule has 1 amide bonds. The molecule has 5 rings (SSSR count). The lowest BCUT2D eigenvalue weighted by atomic mass is 9.76. The van der Waals surface area contributed by atoms with E-state index >= 15 is 0 Å². The number of methoxy groups -OCH3 is 1. The topological polar surface area (TPSA) is 111 Å². The zero-order chi connectivity index (χ0) is 27.6. The molecule has 39 heavy (non-hydrogen) atoms. The number of amides is 1. The smallest absolute Gasteiger partial charge is 0.259 e. The number of fused-ring (bicyclic) bond motifs is 1. The molecule has 2 heterocycles. The molecule has 1 aliphatic carbocycles. The van der Waals surface area contributed by atoms with Gasteiger partial charge in [-0.25, -0.2) is 9.67 Å². The number of carbonyl (C=O) groups is 1. The Hall–Kier alpha value is -4.24. The first kappa shape index (κ1) is 26.4. The number of rotatable bonds is 8. The lowest BCUT2D eigenvalue weighted by Crippen LogP contribution is -2.26. The van der Waals surface area contributed by atoms with Crippen LogP contribution in [0.1, 0.15) is 38.4 Å². The summed E-state index contributed by atoms with van der Waals surface area (Å²) in [6.07, 6.45) is 2.74. The summed E-state index contributed by atoms with van der Waals surface area (Å²) < 4.78 is 12.5. The molecule has 2 aromatic heterocycles. The summed E-state index contributed by atoms with van der Waals surface area (Å²) in [5.74, 6) is 1.37. The van der Waals surface area contributed by atoms with Crippen LogP contribution in [0.5, 0.6) is 5.75 Å². The van der Waals surface area contributed by atoms with Gasteiger partial charge in [0.2, 0.25) is 5.91 Å². The maximum absolute atomic E-state index is 13.4. The summed E-state index contributed by atoms with van der Waals surface area (Å²) in [5, 5.41) is 7.63. The van der Waals surface area contributed by atoms with E-state index in [2.05, 4.69) is 24.1 Å². The zero-order valence-corrected chi connectivity index (χ0v) is 22.7. The largest absolute Gasteiger partial charge is 0.491 e. The molecule has 0 saturated carbocycles. The van der Waals surface area contributed by atoms with Gasteiger partial charge >= 0.3 is 0 Å². The molecule has 0 atom stereocenters. The van der Waals surface area contributed by atoms with E-state index in [1.165, 1.54) is 6.92 Å². The molecule has 2 N–H and O–H groups in total. The summed E-state index contributed by atoms with van der Waals surface area (Å²) >= 11 is 0. The van der Waals surface area contributed by atoms with Crippen molar-refractivity contribution in [3.63, 3.8) is 0 Å². The lowest BCUT2D eigenvalue weighted by Gasteiger charge is -2.30. The average Bonchev–Trinajstić information content (AvgIpc) is 3.33. The first-order valence-corrected chi connectivity index (χ1v) is 13.1. The van der Waals surface area contributed by atoms with E-state index in [-0.39, 0.29) is 16.9 Å². The number of hydrogen-bond acceptors (Lipinski definition) is 6. The highest BCUT2D eigenvalue weighted by Gasteiger charge is 2.28. The van der Waals surface area contributed by atoms with Gasteiger partial charge in [-0.15, -0.1) is 5.10 Å². The Morgan fingerprint density at radius 1 is 1.13 bits per heavy atom. The molecule has 202 valence electrons. The van der Waals surface area contributed by atoms with Crippen molar-refractivity contribution in [2.45, 2.75) is 40.0 Å². The van der Waals surface area contributed by atoms with E-state index in [4.69, 9.17) is 19.6 Å². The Bertz CT molecular complexity index is 1570. The van der Waals surface area contributed by atoms with Crippen molar-refractivity contribution >= 4 is 11.6 Å². The maximum atomic E-state index is 13.4. The zero-order valence-electron chi connectivity index (χ0n) is 22.7. The van der Waals surface area contributed by atoms with Crippen molar-refractivity contribution in [1.29, 1.82) is 0 Å². The number of carbonyl (C=O) groups excluding carboxylic acids is 1. The van der Waals surface area contributed by atoms with E-state index in [9.17, 15) is 9.59 Å². The number of nitrogens with one attached hydrogen (secondary N) is 2. The number of ether oxygens (including phenoxy) is 2. The van der Waals surface area contributed by atoms with Gasteiger partial charge in [0.05, 0.1) is 17.9 Å². The lowest BCUT2D eigenvalue weighted by molar-refractivity contribution is -0.114. The van der Waals surface area contributed by atoms with Crippen LogP contribution >= 0.6 is 0 Å². The summed E-state index contributed by atoms with van der Waals surface area (Å²) in [4.78, 5) is 33.1. The number of aromatic amines is 1. The number of benzene rings is 2. The Morgan fingerprint density at radius 3 is 2.74 bits per heavy atom. The highest BCUT2D eigenvalue weighted by atomic mass is 16.5. The van der Waals surface area contributed by atoms with Crippen molar-refractivity contribution in [1.82, 2.24) is 19.7 Å². The third-order valence-electron chi connectivity index (χ3n) is 6.85. The highest BCUT2D eigenvalue weighted by Crippen LogP contribution is 2.35. The van der Waals surface area contributed by atoms with Crippen LogP contribution in [0.4, 0.5) is 5.69 Å². The summed E-state index contributed by atoms with van der Waals surface area (Å²) in [6, 6.07) is 16.8. The van der Waals surface area contributed by atoms with Crippen LogP contribution in [-0.4, -0.2) is 46.0 Å². The Balaban J connectivity index is 1.62. The second-order valence-corrected chi connectivity index (χ2v) is 10.6. The number of anilines is 1. The molecule has 1 aliphatic rings. The van der Waals surface area contributed by atoms with Gasteiger partial charge in [0.1, 0.15) is 12.4 Å². The Kier molecular flexibility index (Phi) is 7.34. The average molecular weight is 528 g/mol. The summed E-state index contributed by atoms with van der Waals surface area (Å²) in [5.41, 5.74) is 4.54. The van der Waals surface area contributed by atoms with Crippen LogP contribution in [0.2, 0.25) is 0 Å². The minimum atomic E-state index is -0.207. The van der Waals surface area contributed by atoms with Crippen LogP contribution in [-0.2, 0) is 22.4 Å². The van der Waals surface area contributed by atoms with Gasteiger partial charge in [0.15, 0.2) is 11.6 Å². The molecule has 0 saturated heterocycles. The fourth-order valence-electron chi connectivity index (χ4n) is 4.87. The molecule has 0 spiro atoms. The first-order valence-electron chi connectivity index (χ1n) is 13.1. The molecule has 9 heteroatoms. The quantitative estimate of drug-likeness (QED) is 0.319. The predicted molar refractivity (Wildman–Crippen MR) is 150 cm³/mol. The van der Waals surface area contributed by atoms with Gasteiger partial charge in [-0.1, -0.05) is 32.0 Å². The van der Waals surface area contributed by atoms with Crippen molar-refractivity contribution < 1.29 is 14.3 Å². The Labute approximate surface area is 227 Å². The molecule has 9 nitrogen and oxygen atoms in total. The highest BCUT2D eigenvalue weighted by molar-refractivity contribution is 5.89. The third kappa shape index (κ3) is 5.93. The van der Waals surface area contributed by atoms with E-state index in [1.807, 2.05) is 48.5 Å². The first-order chi connectivity index (χ1) is 18.7. The van der Waals surface area contributed by atoms with E-state index in [0.29, 0.717) is 47.6 Å². The fraction of sp³-hybridized carbons (Fsp3) is 0.333. The van der Waals surface area contributed by atoms with Crippen LogP contribution in [0, 0.1) is 5.41 Å². The predicted octanol–water partition coefficient (Wildman–Crippen LogP) is 4.79. The second-order valence-electron chi connectivity index (χ2n) is 10.6. The van der Waals surface area contributed by atoms with Crippen molar-refractivity contribution in [2.75, 3.05) is 25.6 Å². The molecule has 0 unspecified atom stereocenters. The number of H-pyrrole nitrogens is 1.